The Bertz CT molecular complexity index is 1730. The lowest BCUT2D eigenvalue weighted by atomic mass is 10.1. The molecule has 0 bridgehead atoms. The number of pyridine rings is 3. The predicted octanol–water partition coefficient (Wildman–Crippen LogP) is 4.39. The Kier molecular flexibility index (Phi) is 6.69. The van der Waals surface area contributed by atoms with E-state index in [0.717, 1.165) is 18.9 Å². The standard InChI is InChI=1S/C29H27ClFN5O5/c1-34(2)25-6-4-16(12-32-25)35-13-19(29(38)39)27(37)18-10-21(31)24(11-23(18)35)36-17(8-15-9-22(15)36)14-41-28-20(30)5-7-26(33-28)40-3/h4-7,10-13,15,17,22H,8-9,14H2,1-3H3,(H,38,39)/t15-,17+,22+/m0/s1. The van der Waals surface area contributed by atoms with Crippen LogP contribution < -0.4 is 24.7 Å². The molecular weight excluding hydrogens is 553 g/mol. The van der Waals surface area contributed by atoms with Crippen LogP contribution in [0.25, 0.3) is 16.6 Å². The molecule has 212 valence electrons. The second-order valence-electron chi connectivity index (χ2n) is 10.4. The summed E-state index contributed by atoms with van der Waals surface area (Å²) in [4.78, 5) is 37.6. The fraction of sp³-hybridized carbons (Fsp3) is 0.310. The monoisotopic (exact) mass is 579 g/mol. The molecule has 0 amide bonds. The van der Waals surface area contributed by atoms with E-state index in [2.05, 4.69) is 9.97 Å². The minimum atomic E-state index is -1.39. The lowest BCUT2D eigenvalue weighted by Gasteiger charge is -2.30. The molecule has 1 aromatic carbocycles. The molecule has 3 aromatic heterocycles. The summed E-state index contributed by atoms with van der Waals surface area (Å²) < 4.78 is 28.5. The molecular formula is C29H27ClFN5O5. The number of hydrogen-bond acceptors (Lipinski definition) is 8. The second kappa shape index (κ2) is 10.2. The first-order valence-electron chi connectivity index (χ1n) is 13.0. The maximum Gasteiger partial charge on any atom is 0.341 e. The SMILES string of the molecule is COc1ccc(Cl)c(OC[C@H]2C[C@H]3C[C@H]3N2c2cc3c(cc2F)c(=O)c(C(=O)O)cn3-c2ccc(N(C)C)nc2)n1. The quantitative estimate of drug-likeness (QED) is 0.325. The zero-order valence-electron chi connectivity index (χ0n) is 22.5. The Morgan fingerprint density at radius 2 is 2.02 bits per heavy atom. The average molecular weight is 580 g/mol. The van der Waals surface area contributed by atoms with Crippen molar-refractivity contribution in [3.63, 3.8) is 0 Å². The Labute approximate surface area is 239 Å². The number of fused-ring (bicyclic) bond motifs is 2. The highest BCUT2D eigenvalue weighted by Gasteiger charge is 2.53. The van der Waals surface area contributed by atoms with E-state index in [9.17, 15) is 14.7 Å². The third-order valence-electron chi connectivity index (χ3n) is 7.67. The number of ether oxygens (including phenoxy) is 2. The van der Waals surface area contributed by atoms with E-state index in [0.29, 0.717) is 39.5 Å². The summed E-state index contributed by atoms with van der Waals surface area (Å²) in [7, 11) is 5.21. The highest BCUT2D eigenvalue weighted by Crippen LogP contribution is 2.50. The minimum absolute atomic E-state index is 0.0328. The molecule has 10 nitrogen and oxygen atoms in total. The smallest absolute Gasteiger partial charge is 0.341 e. The van der Waals surface area contributed by atoms with Gasteiger partial charge in [-0.25, -0.2) is 14.2 Å². The van der Waals surface area contributed by atoms with Crippen LogP contribution >= 0.6 is 11.6 Å². The van der Waals surface area contributed by atoms with Gasteiger partial charge in [-0.05, 0) is 49.1 Å². The Morgan fingerprint density at radius 3 is 2.71 bits per heavy atom. The fourth-order valence-corrected chi connectivity index (χ4v) is 5.72. The Morgan fingerprint density at radius 1 is 1.22 bits per heavy atom. The van der Waals surface area contributed by atoms with Crippen LogP contribution in [0.1, 0.15) is 23.2 Å². The third-order valence-corrected chi connectivity index (χ3v) is 7.96. The number of piperidine rings is 1. The van der Waals surface area contributed by atoms with Gasteiger partial charge in [-0.1, -0.05) is 11.6 Å². The number of nitrogens with zero attached hydrogens (tertiary/aromatic N) is 5. The van der Waals surface area contributed by atoms with E-state index in [4.69, 9.17) is 21.1 Å². The number of carboxylic acids is 1. The van der Waals surface area contributed by atoms with Crippen LogP contribution in [0.5, 0.6) is 11.8 Å². The number of methoxy groups -OCH3 is 1. The van der Waals surface area contributed by atoms with Gasteiger partial charge < -0.3 is 28.9 Å². The molecule has 12 heteroatoms. The van der Waals surface area contributed by atoms with Gasteiger partial charge >= 0.3 is 5.97 Å². The van der Waals surface area contributed by atoms with Gasteiger partial charge in [0.25, 0.3) is 0 Å². The average Bonchev–Trinajstić information content (AvgIpc) is 3.63. The van der Waals surface area contributed by atoms with Gasteiger partial charge in [-0.15, -0.1) is 0 Å². The van der Waals surface area contributed by atoms with Crippen molar-refractivity contribution in [2.75, 3.05) is 37.6 Å². The number of carbonyl (C=O) groups is 1. The zero-order chi connectivity index (χ0) is 29.0. The van der Waals surface area contributed by atoms with Crippen LogP contribution in [0.3, 0.4) is 0 Å². The maximum atomic E-state index is 15.8. The van der Waals surface area contributed by atoms with Crippen LogP contribution in [0, 0.1) is 11.7 Å². The molecule has 0 radical (unpaired) electrons. The molecule has 3 atom stereocenters. The van der Waals surface area contributed by atoms with Crippen molar-refractivity contribution in [2.24, 2.45) is 5.92 Å². The second-order valence-corrected chi connectivity index (χ2v) is 10.9. The van der Waals surface area contributed by atoms with Gasteiger partial charge in [0.1, 0.15) is 28.8 Å². The number of carboxylic acid groups (broad SMARTS) is 1. The molecule has 41 heavy (non-hydrogen) atoms. The lowest BCUT2D eigenvalue weighted by Crippen LogP contribution is -2.38. The van der Waals surface area contributed by atoms with E-state index in [-0.39, 0.29) is 30.0 Å². The van der Waals surface area contributed by atoms with Gasteiger partial charge in [-0.3, -0.25) is 4.79 Å². The van der Waals surface area contributed by atoms with E-state index in [1.165, 1.54) is 13.3 Å². The van der Waals surface area contributed by atoms with Crippen LogP contribution in [0.15, 0.2) is 53.6 Å². The van der Waals surface area contributed by atoms with Crippen LogP contribution in [-0.4, -0.2) is 65.5 Å². The molecule has 2 aliphatic rings. The first-order chi connectivity index (χ1) is 19.7. The molecule has 1 saturated heterocycles. The summed E-state index contributed by atoms with van der Waals surface area (Å²) in [6, 6.07) is 9.53. The van der Waals surface area contributed by atoms with E-state index >= 15 is 4.39 Å². The van der Waals surface area contributed by atoms with E-state index < -0.39 is 22.8 Å². The van der Waals surface area contributed by atoms with Crippen molar-refractivity contribution in [3.05, 3.63) is 75.4 Å². The lowest BCUT2D eigenvalue weighted by molar-refractivity contribution is 0.0695. The maximum absolute atomic E-state index is 15.8. The van der Waals surface area contributed by atoms with Crippen molar-refractivity contribution in [2.45, 2.75) is 24.9 Å². The van der Waals surface area contributed by atoms with Gasteiger partial charge in [0.15, 0.2) is 0 Å². The number of benzene rings is 1. The van der Waals surface area contributed by atoms with Crippen LogP contribution in [0.2, 0.25) is 5.02 Å². The van der Waals surface area contributed by atoms with Crippen LogP contribution in [-0.2, 0) is 0 Å². The van der Waals surface area contributed by atoms with E-state index in [1.807, 2.05) is 23.9 Å². The molecule has 4 heterocycles. The molecule has 1 aliphatic heterocycles. The van der Waals surface area contributed by atoms with Crippen molar-refractivity contribution in [1.29, 1.82) is 0 Å². The molecule has 0 unspecified atom stereocenters. The Hall–Kier alpha value is -4.38. The number of anilines is 2. The summed E-state index contributed by atoms with van der Waals surface area (Å²) in [5.74, 6) is -0.311. The van der Waals surface area contributed by atoms with Crippen molar-refractivity contribution >= 4 is 40.0 Å². The molecule has 6 rings (SSSR count). The van der Waals surface area contributed by atoms with E-state index in [1.54, 1.807) is 41.1 Å². The largest absolute Gasteiger partial charge is 0.481 e. The predicted molar refractivity (Wildman–Crippen MR) is 153 cm³/mol. The molecule has 1 aliphatic carbocycles. The molecule has 2 fully saturated rings. The van der Waals surface area contributed by atoms with Gasteiger partial charge in [-0.2, -0.15) is 4.98 Å². The normalized spacial score (nSPS) is 19.2. The highest BCUT2D eigenvalue weighted by molar-refractivity contribution is 6.31. The topological polar surface area (TPSA) is 110 Å². The first-order valence-corrected chi connectivity index (χ1v) is 13.4. The number of hydrogen-bond donors (Lipinski definition) is 1. The summed E-state index contributed by atoms with van der Waals surface area (Å²) in [6.45, 7) is 0.213. The number of aromatic nitrogens is 3. The van der Waals surface area contributed by atoms with Gasteiger partial charge in [0.05, 0.1) is 36.2 Å². The number of halogens is 2. The number of aromatic carboxylic acids is 1. The first kappa shape index (κ1) is 26.8. The zero-order valence-corrected chi connectivity index (χ0v) is 23.3. The van der Waals surface area contributed by atoms with Crippen molar-refractivity contribution in [1.82, 2.24) is 14.5 Å². The molecule has 1 N–H and O–H groups in total. The summed E-state index contributed by atoms with van der Waals surface area (Å²) in [6.07, 6.45) is 4.57. The van der Waals surface area contributed by atoms with Gasteiger partial charge in [0.2, 0.25) is 17.2 Å². The molecule has 4 aromatic rings. The summed E-state index contributed by atoms with van der Waals surface area (Å²) in [5, 5.41) is 10.0. The van der Waals surface area contributed by atoms with Crippen LogP contribution in [0.4, 0.5) is 15.9 Å². The highest BCUT2D eigenvalue weighted by atomic mass is 35.5. The third kappa shape index (κ3) is 4.80. The Balaban J connectivity index is 1.42. The summed E-state index contributed by atoms with van der Waals surface area (Å²) >= 11 is 6.27. The minimum Gasteiger partial charge on any atom is -0.481 e. The summed E-state index contributed by atoms with van der Waals surface area (Å²) in [5.41, 5.74) is 0.00658. The van der Waals surface area contributed by atoms with Crippen molar-refractivity contribution in [3.8, 4) is 17.4 Å². The van der Waals surface area contributed by atoms with Crippen molar-refractivity contribution < 1.29 is 23.8 Å². The number of rotatable bonds is 8. The molecule has 1 saturated carbocycles. The molecule has 0 spiro atoms. The van der Waals surface area contributed by atoms with Gasteiger partial charge in [0, 0.05) is 37.8 Å². The fourth-order valence-electron chi connectivity index (χ4n) is 5.56.